The van der Waals surface area contributed by atoms with Gasteiger partial charge in [-0.1, -0.05) is 60.7 Å². The maximum absolute atomic E-state index is 11.8. The van der Waals surface area contributed by atoms with Crippen LogP contribution in [-0.2, 0) is 4.79 Å². The normalized spacial score (nSPS) is 11.1. The Morgan fingerprint density at radius 3 is 1.97 bits per heavy atom. The van der Waals surface area contributed by atoms with E-state index >= 15 is 0 Å². The number of rotatable bonds is 9. The molecule has 2 aromatic carbocycles. The van der Waals surface area contributed by atoms with Gasteiger partial charge in [0.05, 0.1) is 6.54 Å². The maximum atomic E-state index is 11.8. The van der Waals surface area contributed by atoms with Crippen molar-refractivity contribution in [3.8, 4) is 0 Å². The molecule has 0 atom stereocenters. The smallest absolute Gasteiger partial charge is 0.221 e. The molecule has 1 amide bonds. The summed E-state index contributed by atoms with van der Waals surface area (Å²) in [6.45, 7) is 7.90. The second-order valence-corrected chi connectivity index (χ2v) is 6.99. The van der Waals surface area contributed by atoms with Gasteiger partial charge < -0.3 is 16.0 Å². The number of nitrogens with zero attached hydrogens (tertiary/aromatic N) is 1. The van der Waals surface area contributed by atoms with E-state index in [4.69, 9.17) is 4.99 Å². The molecule has 29 heavy (non-hydrogen) atoms. The first kappa shape index (κ1) is 24.9. The minimum Gasteiger partial charge on any atom is -0.357 e. The van der Waals surface area contributed by atoms with Crippen LogP contribution < -0.4 is 16.0 Å². The highest BCUT2D eigenvalue weighted by Gasteiger charge is 2.14. The lowest BCUT2D eigenvalue weighted by atomic mass is 9.91. The van der Waals surface area contributed by atoms with Gasteiger partial charge in [-0.15, -0.1) is 24.0 Å². The van der Waals surface area contributed by atoms with Crippen LogP contribution in [0.25, 0.3) is 0 Å². The molecule has 0 aliphatic carbocycles. The number of hydrogen-bond donors (Lipinski definition) is 3. The molecule has 0 saturated carbocycles. The van der Waals surface area contributed by atoms with E-state index in [1.165, 1.54) is 11.1 Å². The highest BCUT2D eigenvalue weighted by Crippen LogP contribution is 2.24. The topological polar surface area (TPSA) is 65.5 Å². The summed E-state index contributed by atoms with van der Waals surface area (Å²) in [6.07, 6.45) is 0.420. The molecule has 0 aliphatic rings. The minimum atomic E-state index is 0. The molecule has 0 fully saturated rings. The number of aliphatic imine (C=N–C) groups is 1. The van der Waals surface area contributed by atoms with Crippen LogP contribution in [0.15, 0.2) is 65.7 Å². The van der Waals surface area contributed by atoms with E-state index in [-0.39, 0.29) is 41.8 Å². The molecule has 3 N–H and O–H groups in total. The molecule has 0 saturated heterocycles. The van der Waals surface area contributed by atoms with Gasteiger partial charge in [-0.25, -0.2) is 0 Å². The average molecular weight is 508 g/mol. The summed E-state index contributed by atoms with van der Waals surface area (Å²) in [5.41, 5.74) is 2.48. The van der Waals surface area contributed by atoms with Crippen LogP contribution in [0.2, 0.25) is 0 Å². The summed E-state index contributed by atoms with van der Waals surface area (Å²) in [5.74, 6) is 0.962. The van der Waals surface area contributed by atoms with Crippen molar-refractivity contribution in [3.05, 3.63) is 71.8 Å². The van der Waals surface area contributed by atoms with E-state index in [1.807, 2.05) is 32.9 Å². The van der Waals surface area contributed by atoms with Crippen LogP contribution in [0.1, 0.15) is 44.2 Å². The van der Waals surface area contributed by atoms with Crippen molar-refractivity contribution in [2.75, 3.05) is 19.6 Å². The Hall–Kier alpha value is -2.09. The van der Waals surface area contributed by atoms with Crippen LogP contribution in [0.5, 0.6) is 0 Å². The predicted molar refractivity (Wildman–Crippen MR) is 132 cm³/mol. The molecular weight excluding hydrogens is 475 g/mol. The number of guanidine groups is 1. The summed E-state index contributed by atoms with van der Waals surface area (Å²) < 4.78 is 0. The third-order valence-electron chi connectivity index (χ3n) is 4.27. The molecule has 5 nitrogen and oxygen atoms in total. The fraction of sp³-hybridized carbons (Fsp3) is 0.391. The first-order valence-electron chi connectivity index (χ1n) is 10.0. The Kier molecular flexibility index (Phi) is 12.0. The molecule has 0 spiro atoms. The molecule has 0 radical (unpaired) electrons. The Labute approximate surface area is 191 Å². The summed E-state index contributed by atoms with van der Waals surface area (Å²) in [7, 11) is 0. The van der Waals surface area contributed by atoms with Crippen molar-refractivity contribution in [2.45, 2.75) is 39.2 Å². The van der Waals surface area contributed by atoms with E-state index in [2.05, 4.69) is 64.5 Å². The van der Waals surface area contributed by atoms with Gasteiger partial charge in [0.2, 0.25) is 5.91 Å². The van der Waals surface area contributed by atoms with Crippen molar-refractivity contribution >= 4 is 35.8 Å². The van der Waals surface area contributed by atoms with Crippen LogP contribution in [0.4, 0.5) is 0 Å². The van der Waals surface area contributed by atoms with Crippen molar-refractivity contribution in [1.82, 2.24) is 16.0 Å². The number of halogens is 1. The third-order valence-corrected chi connectivity index (χ3v) is 4.27. The van der Waals surface area contributed by atoms with Crippen LogP contribution in [-0.4, -0.2) is 37.5 Å². The van der Waals surface area contributed by atoms with Gasteiger partial charge in [0.25, 0.3) is 0 Å². The molecule has 2 aromatic rings. The van der Waals surface area contributed by atoms with Crippen LogP contribution in [0.3, 0.4) is 0 Å². The first-order chi connectivity index (χ1) is 13.6. The highest BCUT2D eigenvalue weighted by molar-refractivity contribution is 14.0. The van der Waals surface area contributed by atoms with E-state index in [9.17, 15) is 4.79 Å². The van der Waals surface area contributed by atoms with Crippen molar-refractivity contribution in [3.63, 3.8) is 0 Å². The van der Waals surface area contributed by atoms with Gasteiger partial charge in [-0.2, -0.15) is 0 Å². The number of amides is 1. The van der Waals surface area contributed by atoms with Crippen molar-refractivity contribution in [1.29, 1.82) is 0 Å². The van der Waals surface area contributed by atoms with Gasteiger partial charge >= 0.3 is 0 Å². The van der Waals surface area contributed by atoms with Gasteiger partial charge in [-0.3, -0.25) is 9.79 Å². The Bertz CT molecular complexity index is 696. The average Bonchev–Trinajstić information content (AvgIpc) is 2.69. The Morgan fingerprint density at radius 1 is 0.931 bits per heavy atom. The number of hydrogen-bond acceptors (Lipinski definition) is 2. The molecule has 2 rings (SSSR count). The lowest BCUT2D eigenvalue weighted by Gasteiger charge is -2.18. The predicted octanol–water partition coefficient (Wildman–Crippen LogP) is 3.91. The van der Waals surface area contributed by atoms with Gasteiger partial charge in [0.1, 0.15) is 0 Å². The zero-order valence-electron chi connectivity index (χ0n) is 17.5. The number of nitrogens with one attached hydrogen (secondary N) is 3. The number of benzene rings is 2. The first-order valence-corrected chi connectivity index (χ1v) is 10.0. The van der Waals surface area contributed by atoms with E-state index in [0.717, 1.165) is 12.5 Å². The zero-order chi connectivity index (χ0) is 20.2. The SMILES string of the molecule is CCNC(=NCC(c1ccccc1)c1ccccc1)NCCC(=O)NC(C)C.I. The fourth-order valence-electron chi connectivity index (χ4n) is 2.99. The second kappa shape index (κ2) is 14.0. The minimum absolute atomic E-state index is 0. The molecule has 158 valence electrons. The van der Waals surface area contributed by atoms with E-state index in [1.54, 1.807) is 0 Å². The van der Waals surface area contributed by atoms with Crippen LogP contribution in [0, 0.1) is 0 Å². The van der Waals surface area contributed by atoms with Crippen LogP contribution >= 0.6 is 24.0 Å². The van der Waals surface area contributed by atoms with E-state index < -0.39 is 0 Å². The molecule has 0 aromatic heterocycles. The van der Waals surface area contributed by atoms with Gasteiger partial charge in [0, 0.05) is 31.5 Å². The van der Waals surface area contributed by atoms with Gasteiger partial charge in [-0.05, 0) is 31.9 Å². The monoisotopic (exact) mass is 508 g/mol. The fourth-order valence-corrected chi connectivity index (χ4v) is 2.99. The maximum Gasteiger partial charge on any atom is 0.221 e. The summed E-state index contributed by atoms with van der Waals surface area (Å²) in [4.78, 5) is 16.6. The quantitative estimate of drug-likeness (QED) is 0.274. The van der Waals surface area contributed by atoms with Crippen molar-refractivity contribution in [2.24, 2.45) is 4.99 Å². The van der Waals surface area contributed by atoms with Crippen molar-refractivity contribution < 1.29 is 4.79 Å². The summed E-state index contributed by atoms with van der Waals surface area (Å²) >= 11 is 0. The molecule has 0 aliphatic heterocycles. The molecule has 6 heteroatoms. The summed E-state index contributed by atoms with van der Waals surface area (Å²) in [5, 5.41) is 9.43. The Balaban J connectivity index is 0.00000420. The number of carbonyl (C=O) groups is 1. The third kappa shape index (κ3) is 9.30. The standard InChI is InChI=1S/C23H32N4O.HI/c1-4-24-23(25-16-15-22(28)27-18(2)3)26-17-21(19-11-7-5-8-12-19)20-13-9-6-10-14-20;/h5-14,18,21H,4,15-17H2,1-3H3,(H,27,28)(H2,24,25,26);1H. The lowest BCUT2D eigenvalue weighted by Crippen LogP contribution is -2.40. The molecular formula is C23H33IN4O. The molecule has 0 unspecified atom stereocenters. The van der Waals surface area contributed by atoms with Gasteiger partial charge in [0.15, 0.2) is 5.96 Å². The molecule has 0 heterocycles. The number of carbonyl (C=O) groups excluding carboxylic acids is 1. The Morgan fingerprint density at radius 2 is 1.48 bits per heavy atom. The zero-order valence-corrected chi connectivity index (χ0v) is 19.9. The lowest BCUT2D eigenvalue weighted by molar-refractivity contribution is -0.121. The second-order valence-electron chi connectivity index (χ2n) is 6.99. The molecule has 0 bridgehead atoms. The highest BCUT2D eigenvalue weighted by atomic mass is 127. The summed E-state index contributed by atoms with van der Waals surface area (Å²) in [6, 6.07) is 21.0. The van der Waals surface area contributed by atoms with E-state index in [0.29, 0.717) is 19.5 Å². The largest absolute Gasteiger partial charge is 0.357 e.